The molecule has 0 aromatic carbocycles. The van der Waals surface area contributed by atoms with Crippen LogP contribution in [0.2, 0.25) is 0 Å². The van der Waals surface area contributed by atoms with Crippen LogP contribution in [0.15, 0.2) is 18.3 Å². The van der Waals surface area contributed by atoms with Gasteiger partial charge < -0.3 is 5.43 Å². The number of rotatable bonds is 3. The van der Waals surface area contributed by atoms with E-state index in [1.807, 2.05) is 23.9 Å². The molecule has 0 bridgehead atoms. The molecular formula is C11H18N4S. The maximum atomic E-state index is 5.38. The Balaban J connectivity index is 1.96. The van der Waals surface area contributed by atoms with Gasteiger partial charge in [-0.1, -0.05) is 0 Å². The molecule has 0 atom stereocenters. The molecule has 1 aliphatic heterocycles. The molecule has 2 heterocycles. The van der Waals surface area contributed by atoms with E-state index in [0.29, 0.717) is 0 Å². The molecule has 0 aliphatic carbocycles. The van der Waals surface area contributed by atoms with Gasteiger partial charge in [-0.25, -0.2) is 0 Å². The summed E-state index contributed by atoms with van der Waals surface area (Å²) < 4.78 is 0. The predicted octanol–water partition coefficient (Wildman–Crippen LogP) is 1.31. The van der Waals surface area contributed by atoms with Crippen LogP contribution in [0.3, 0.4) is 0 Å². The minimum Gasteiger partial charge on any atom is -0.324 e. The molecule has 0 unspecified atom stereocenters. The number of pyridine rings is 1. The van der Waals surface area contributed by atoms with Gasteiger partial charge in [-0.05, 0) is 30.9 Å². The van der Waals surface area contributed by atoms with Crippen LogP contribution in [0, 0.1) is 0 Å². The van der Waals surface area contributed by atoms with Crippen molar-refractivity contribution >= 4 is 17.4 Å². The SMILES string of the molecule is NNc1ccnc(CN2CCCSCC2)c1. The number of nitrogens with two attached hydrogens (primary N) is 1. The van der Waals surface area contributed by atoms with Crippen molar-refractivity contribution in [2.24, 2.45) is 5.84 Å². The summed E-state index contributed by atoms with van der Waals surface area (Å²) in [4.78, 5) is 6.83. The van der Waals surface area contributed by atoms with Gasteiger partial charge in [0, 0.05) is 25.0 Å². The zero-order valence-electron chi connectivity index (χ0n) is 9.35. The van der Waals surface area contributed by atoms with Crippen molar-refractivity contribution in [2.45, 2.75) is 13.0 Å². The Kier molecular flexibility index (Phi) is 4.44. The lowest BCUT2D eigenvalue weighted by atomic mass is 10.3. The molecule has 0 spiro atoms. The minimum atomic E-state index is 0.925. The van der Waals surface area contributed by atoms with Crippen molar-refractivity contribution in [2.75, 3.05) is 30.0 Å². The lowest BCUT2D eigenvalue weighted by Crippen LogP contribution is -2.26. The first-order chi connectivity index (χ1) is 7.88. The molecule has 4 nitrogen and oxygen atoms in total. The second kappa shape index (κ2) is 6.08. The van der Waals surface area contributed by atoms with E-state index >= 15 is 0 Å². The molecule has 1 aliphatic rings. The summed E-state index contributed by atoms with van der Waals surface area (Å²) >= 11 is 2.04. The van der Waals surface area contributed by atoms with Crippen LogP contribution in [0.1, 0.15) is 12.1 Å². The van der Waals surface area contributed by atoms with Crippen LogP contribution in [-0.2, 0) is 6.54 Å². The molecule has 1 aromatic heterocycles. The molecule has 0 amide bonds. The van der Waals surface area contributed by atoms with Crippen molar-refractivity contribution in [3.05, 3.63) is 24.0 Å². The number of nitrogens with zero attached hydrogens (tertiary/aromatic N) is 2. The Labute approximate surface area is 101 Å². The average molecular weight is 238 g/mol. The van der Waals surface area contributed by atoms with Crippen LogP contribution in [0.25, 0.3) is 0 Å². The lowest BCUT2D eigenvalue weighted by molar-refractivity contribution is 0.284. The molecule has 0 saturated carbocycles. The zero-order valence-corrected chi connectivity index (χ0v) is 10.2. The number of hydrazine groups is 1. The Morgan fingerprint density at radius 2 is 2.38 bits per heavy atom. The highest BCUT2D eigenvalue weighted by Crippen LogP contribution is 2.13. The van der Waals surface area contributed by atoms with Gasteiger partial charge in [-0.3, -0.25) is 15.7 Å². The fourth-order valence-electron chi connectivity index (χ4n) is 1.84. The van der Waals surface area contributed by atoms with E-state index < -0.39 is 0 Å². The van der Waals surface area contributed by atoms with Crippen molar-refractivity contribution in [1.82, 2.24) is 9.88 Å². The van der Waals surface area contributed by atoms with Gasteiger partial charge in [-0.15, -0.1) is 0 Å². The Hall–Kier alpha value is -0.780. The molecule has 16 heavy (non-hydrogen) atoms. The van der Waals surface area contributed by atoms with Gasteiger partial charge in [0.1, 0.15) is 0 Å². The van der Waals surface area contributed by atoms with E-state index in [1.54, 1.807) is 6.20 Å². The van der Waals surface area contributed by atoms with Crippen LogP contribution in [0.4, 0.5) is 5.69 Å². The summed E-state index contributed by atoms with van der Waals surface area (Å²) in [5, 5.41) is 0. The van der Waals surface area contributed by atoms with Crippen molar-refractivity contribution in [3.8, 4) is 0 Å². The molecule has 5 heteroatoms. The van der Waals surface area contributed by atoms with Gasteiger partial charge in [0.25, 0.3) is 0 Å². The van der Waals surface area contributed by atoms with Crippen molar-refractivity contribution in [1.29, 1.82) is 0 Å². The van der Waals surface area contributed by atoms with Crippen molar-refractivity contribution < 1.29 is 0 Å². The molecule has 1 fully saturated rings. The van der Waals surface area contributed by atoms with Crippen molar-refractivity contribution in [3.63, 3.8) is 0 Å². The number of nitrogens with one attached hydrogen (secondary N) is 1. The topological polar surface area (TPSA) is 54.2 Å². The van der Waals surface area contributed by atoms with Gasteiger partial charge in [0.2, 0.25) is 0 Å². The number of anilines is 1. The quantitative estimate of drug-likeness (QED) is 0.614. The fraction of sp³-hybridized carbons (Fsp3) is 0.545. The summed E-state index contributed by atoms with van der Waals surface area (Å²) in [5.74, 6) is 7.90. The molecule has 3 N–H and O–H groups in total. The van der Waals surface area contributed by atoms with E-state index in [-0.39, 0.29) is 0 Å². The van der Waals surface area contributed by atoms with E-state index in [9.17, 15) is 0 Å². The third-order valence-electron chi connectivity index (χ3n) is 2.68. The Morgan fingerprint density at radius 3 is 3.25 bits per heavy atom. The van der Waals surface area contributed by atoms with E-state index in [2.05, 4.69) is 15.3 Å². The second-order valence-electron chi connectivity index (χ2n) is 3.92. The first kappa shape index (κ1) is 11.7. The number of aromatic nitrogens is 1. The molecule has 2 rings (SSSR count). The summed E-state index contributed by atoms with van der Waals surface area (Å²) in [6, 6.07) is 3.89. The second-order valence-corrected chi connectivity index (χ2v) is 5.15. The average Bonchev–Trinajstić information content (AvgIpc) is 2.58. The number of hydrogen-bond acceptors (Lipinski definition) is 5. The molecular weight excluding hydrogens is 220 g/mol. The minimum absolute atomic E-state index is 0.925. The van der Waals surface area contributed by atoms with Gasteiger partial charge in [0.05, 0.1) is 11.4 Å². The van der Waals surface area contributed by atoms with Crippen LogP contribution < -0.4 is 11.3 Å². The number of thioether (sulfide) groups is 1. The highest BCUT2D eigenvalue weighted by Gasteiger charge is 2.10. The highest BCUT2D eigenvalue weighted by molar-refractivity contribution is 7.99. The van der Waals surface area contributed by atoms with Gasteiger partial charge >= 0.3 is 0 Å². The number of nitrogen functional groups attached to an aromatic ring is 1. The van der Waals surface area contributed by atoms with E-state index in [1.165, 1.54) is 24.5 Å². The molecule has 0 radical (unpaired) electrons. The van der Waals surface area contributed by atoms with Gasteiger partial charge in [0.15, 0.2) is 0 Å². The third-order valence-corrected chi connectivity index (χ3v) is 3.73. The highest BCUT2D eigenvalue weighted by atomic mass is 32.2. The van der Waals surface area contributed by atoms with Crippen LogP contribution >= 0.6 is 11.8 Å². The first-order valence-corrected chi connectivity index (χ1v) is 6.75. The Morgan fingerprint density at radius 1 is 1.44 bits per heavy atom. The predicted molar refractivity (Wildman–Crippen MR) is 69.3 cm³/mol. The normalized spacial score (nSPS) is 18.1. The molecule has 88 valence electrons. The zero-order chi connectivity index (χ0) is 11.2. The standard InChI is InChI=1S/C11H18N4S/c12-14-10-2-3-13-11(8-10)9-15-4-1-6-16-7-5-15/h2-3,8H,1,4-7,9,12H2,(H,13,14). The summed E-state index contributed by atoms with van der Waals surface area (Å²) in [6.07, 6.45) is 3.08. The van der Waals surface area contributed by atoms with Gasteiger partial charge in [-0.2, -0.15) is 11.8 Å². The smallest absolute Gasteiger partial charge is 0.0564 e. The lowest BCUT2D eigenvalue weighted by Gasteiger charge is -2.18. The maximum Gasteiger partial charge on any atom is 0.0564 e. The number of hydrogen-bond donors (Lipinski definition) is 2. The van der Waals surface area contributed by atoms with E-state index in [4.69, 9.17) is 5.84 Å². The first-order valence-electron chi connectivity index (χ1n) is 5.60. The molecule has 1 aromatic rings. The third kappa shape index (κ3) is 3.37. The maximum absolute atomic E-state index is 5.38. The van der Waals surface area contributed by atoms with E-state index in [0.717, 1.165) is 24.5 Å². The summed E-state index contributed by atoms with van der Waals surface area (Å²) in [5.41, 5.74) is 4.67. The Bertz CT molecular complexity index is 324. The largest absolute Gasteiger partial charge is 0.324 e. The monoisotopic (exact) mass is 238 g/mol. The van der Waals surface area contributed by atoms with Crippen LogP contribution in [-0.4, -0.2) is 34.5 Å². The molecule has 1 saturated heterocycles. The summed E-state index contributed by atoms with van der Waals surface area (Å²) in [7, 11) is 0. The fourth-order valence-corrected chi connectivity index (χ4v) is 2.76. The summed E-state index contributed by atoms with van der Waals surface area (Å²) in [6.45, 7) is 3.26. The van der Waals surface area contributed by atoms with Crippen LogP contribution in [0.5, 0.6) is 0 Å².